The van der Waals surface area contributed by atoms with Crippen molar-refractivity contribution >= 4 is 33.5 Å². The zero-order valence-electron chi connectivity index (χ0n) is 14.3. The Morgan fingerprint density at radius 3 is 3.00 bits per heavy atom. The maximum atomic E-state index is 11.2. The van der Waals surface area contributed by atoms with E-state index in [1.165, 1.54) is 6.42 Å². The zero-order valence-corrected chi connectivity index (χ0v) is 16.5. The van der Waals surface area contributed by atoms with Crippen LogP contribution in [0.3, 0.4) is 0 Å². The highest BCUT2D eigenvalue weighted by Crippen LogP contribution is 2.42. The average molecular weight is 450 g/mol. The molecular weight excluding hydrogens is 427 g/mol. The van der Waals surface area contributed by atoms with Crippen LogP contribution < -0.4 is 4.74 Å². The molecule has 0 amide bonds. The molecule has 0 aliphatic carbocycles. The summed E-state index contributed by atoms with van der Waals surface area (Å²) in [7, 11) is 1.67. The number of aromatic nitrogens is 1. The van der Waals surface area contributed by atoms with Gasteiger partial charge in [0.15, 0.2) is 0 Å². The summed E-state index contributed by atoms with van der Waals surface area (Å²) in [5, 5.41) is 12.2. The molecule has 3 fully saturated rings. The minimum atomic E-state index is -0.495. The van der Waals surface area contributed by atoms with Gasteiger partial charge in [0.25, 0.3) is 0 Å². The number of aliphatic hydroxyl groups is 1. The molecule has 1 aromatic heterocycles. The molecule has 3 aliphatic heterocycles. The first-order valence-corrected chi connectivity index (χ1v) is 10.1. The molecule has 5 heteroatoms. The van der Waals surface area contributed by atoms with Gasteiger partial charge in [0.05, 0.1) is 18.7 Å². The molecule has 1 N–H and O–H groups in total. The van der Waals surface area contributed by atoms with Crippen LogP contribution in [0.1, 0.15) is 24.5 Å². The summed E-state index contributed by atoms with van der Waals surface area (Å²) in [6.45, 7) is 2.14. The number of halogens is 1. The van der Waals surface area contributed by atoms with Crippen LogP contribution in [0.25, 0.3) is 10.9 Å². The molecule has 5 rings (SSSR count). The summed E-state index contributed by atoms with van der Waals surface area (Å²) in [5.74, 6) is 2.10. The first-order valence-electron chi connectivity index (χ1n) is 8.83. The van der Waals surface area contributed by atoms with Crippen molar-refractivity contribution in [3.05, 3.63) is 46.2 Å². The first-order chi connectivity index (χ1) is 12.2. The molecule has 132 valence electrons. The Morgan fingerprint density at radius 1 is 1.40 bits per heavy atom. The minimum Gasteiger partial charge on any atom is -0.497 e. The fourth-order valence-electron chi connectivity index (χ4n) is 4.49. The molecule has 4 unspecified atom stereocenters. The van der Waals surface area contributed by atoms with Crippen molar-refractivity contribution < 1.29 is 9.84 Å². The lowest BCUT2D eigenvalue weighted by atomic mass is 9.73. The van der Waals surface area contributed by atoms with Gasteiger partial charge in [-0.1, -0.05) is 28.7 Å². The van der Waals surface area contributed by atoms with Crippen LogP contribution in [0.15, 0.2) is 40.6 Å². The van der Waals surface area contributed by atoms with Crippen LogP contribution >= 0.6 is 22.6 Å². The average Bonchev–Trinajstić information content (AvgIpc) is 2.67. The second-order valence-electron chi connectivity index (χ2n) is 7.06. The molecule has 3 saturated heterocycles. The van der Waals surface area contributed by atoms with E-state index in [1.807, 2.05) is 24.3 Å². The summed E-state index contributed by atoms with van der Waals surface area (Å²) >= 11 is 2.31. The highest BCUT2D eigenvalue weighted by Gasteiger charge is 2.42. The van der Waals surface area contributed by atoms with Crippen molar-refractivity contribution in [2.45, 2.75) is 25.0 Å². The molecule has 0 spiro atoms. The number of hydrogen-bond donors (Lipinski definition) is 1. The van der Waals surface area contributed by atoms with Crippen molar-refractivity contribution in [1.29, 1.82) is 0 Å². The molecule has 2 bridgehead atoms. The third-order valence-electron chi connectivity index (χ3n) is 5.84. The summed E-state index contributed by atoms with van der Waals surface area (Å²) < 4.78 is 7.50. The predicted octanol–water partition coefficient (Wildman–Crippen LogP) is 3.94. The Bertz CT molecular complexity index is 794. The van der Waals surface area contributed by atoms with Gasteiger partial charge >= 0.3 is 0 Å². The highest BCUT2D eigenvalue weighted by atomic mass is 127. The summed E-state index contributed by atoms with van der Waals surface area (Å²) in [6, 6.07) is 8.00. The van der Waals surface area contributed by atoms with Gasteiger partial charge in [0.1, 0.15) is 5.75 Å². The number of fused-ring (bicyclic) bond motifs is 4. The first kappa shape index (κ1) is 17.2. The van der Waals surface area contributed by atoms with Crippen LogP contribution in [-0.2, 0) is 0 Å². The van der Waals surface area contributed by atoms with Gasteiger partial charge in [-0.25, -0.2) is 0 Å². The summed E-state index contributed by atoms with van der Waals surface area (Å²) in [5.41, 5.74) is 1.86. The van der Waals surface area contributed by atoms with E-state index in [0.29, 0.717) is 11.8 Å². The monoisotopic (exact) mass is 450 g/mol. The molecule has 25 heavy (non-hydrogen) atoms. The normalized spacial score (nSPS) is 30.0. The Hall–Kier alpha value is -1.18. The lowest BCUT2D eigenvalue weighted by Gasteiger charge is -2.50. The van der Waals surface area contributed by atoms with Crippen LogP contribution in [0.2, 0.25) is 0 Å². The maximum Gasteiger partial charge on any atom is 0.119 e. The zero-order chi connectivity index (χ0) is 17.4. The maximum absolute atomic E-state index is 11.2. The molecular formula is C20H23IN2O2. The number of benzene rings is 1. The second-order valence-corrected chi connectivity index (χ2v) is 7.78. The van der Waals surface area contributed by atoms with E-state index in [-0.39, 0.29) is 6.04 Å². The highest BCUT2D eigenvalue weighted by molar-refractivity contribution is 14.1. The number of nitrogens with zero attached hydrogens (tertiary/aromatic N) is 2. The summed E-state index contributed by atoms with van der Waals surface area (Å²) in [4.78, 5) is 6.91. The molecule has 4 nitrogen and oxygen atoms in total. The Kier molecular flexibility index (Phi) is 4.97. The smallest absolute Gasteiger partial charge is 0.119 e. The fraction of sp³-hybridized carbons (Fsp3) is 0.450. The molecule has 4 heterocycles. The fourth-order valence-corrected chi connectivity index (χ4v) is 5.02. The number of rotatable bonds is 4. The quantitative estimate of drug-likeness (QED) is 0.718. The van der Waals surface area contributed by atoms with E-state index < -0.39 is 6.10 Å². The van der Waals surface area contributed by atoms with Crippen LogP contribution in [0.4, 0.5) is 0 Å². The molecule has 0 radical (unpaired) electrons. The van der Waals surface area contributed by atoms with E-state index in [0.717, 1.165) is 41.7 Å². The second kappa shape index (κ2) is 7.21. The lowest BCUT2D eigenvalue weighted by molar-refractivity contribution is -0.0445. The van der Waals surface area contributed by atoms with E-state index >= 15 is 0 Å². The van der Waals surface area contributed by atoms with Crippen molar-refractivity contribution in [2.75, 3.05) is 20.2 Å². The van der Waals surface area contributed by atoms with Crippen LogP contribution in [0, 0.1) is 11.8 Å². The number of ether oxygens (including phenoxy) is 1. The van der Waals surface area contributed by atoms with Crippen molar-refractivity contribution in [3.8, 4) is 5.75 Å². The van der Waals surface area contributed by atoms with Crippen molar-refractivity contribution in [1.82, 2.24) is 9.88 Å². The third-order valence-corrected chi connectivity index (χ3v) is 6.25. The summed E-state index contributed by atoms with van der Waals surface area (Å²) in [6.07, 6.45) is 5.92. The van der Waals surface area contributed by atoms with Crippen molar-refractivity contribution in [3.63, 3.8) is 0 Å². The van der Waals surface area contributed by atoms with Gasteiger partial charge in [-0.3, -0.25) is 9.88 Å². The molecule has 3 aliphatic rings. The number of pyridine rings is 1. The van der Waals surface area contributed by atoms with Crippen LogP contribution in [0.5, 0.6) is 5.75 Å². The van der Waals surface area contributed by atoms with Crippen LogP contribution in [-0.4, -0.2) is 41.2 Å². The number of hydrogen-bond acceptors (Lipinski definition) is 4. The largest absolute Gasteiger partial charge is 0.497 e. The van der Waals surface area contributed by atoms with Gasteiger partial charge < -0.3 is 9.84 Å². The van der Waals surface area contributed by atoms with E-state index in [2.05, 4.69) is 42.6 Å². The minimum absolute atomic E-state index is 0.189. The SMILES string of the molecule is COc1ccc2nccc([C@H](O)C3CC4CCN3CC4/C=C\I)c2c1. The van der Waals surface area contributed by atoms with Gasteiger partial charge in [-0.05, 0) is 65.1 Å². The predicted molar refractivity (Wildman–Crippen MR) is 108 cm³/mol. The molecule has 0 saturated carbocycles. The molecule has 5 atom stereocenters. The Labute approximate surface area is 162 Å². The number of methoxy groups -OCH3 is 1. The number of aliphatic hydroxyl groups excluding tert-OH is 1. The Balaban J connectivity index is 1.66. The Morgan fingerprint density at radius 2 is 2.28 bits per heavy atom. The lowest BCUT2D eigenvalue weighted by Crippen LogP contribution is -2.54. The van der Waals surface area contributed by atoms with E-state index in [1.54, 1.807) is 13.3 Å². The van der Waals surface area contributed by atoms with Crippen molar-refractivity contribution in [2.24, 2.45) is 11.8 Å². The van der Waals surface area contributed by atoms with E-state index in [9.17, 15) is 5.11 Å². The van der Waals surface area contributed by atoms with Gasteiger partial charge in [0, 0.05) is 24.2 Å². The molecule has 1 aromatic carbocycles. The van der Waals surface area contributed by atoms with Gasteiger partial charge in [0.2, 0.25) is 0 Å². The van der Waals surface area contributed by atoms with E-state index in [4.69, 9.17) is 4.74 Å². The van der Waals surface area contributed by atoms with Gasteiger partial charge in [-0.2, -0.15) is 0 Å². The van der Waals surface area contributed by atoms with Gasteiger partial charge in [-0.15, -0.1) is 0 Å². The standard InChI is InChI=1S/C20H23IN2O2/c1-25-15-2-3-18-17(11-15)16(5-8-22-18)20(24)19-10-13-6-9-23(19)12-14(13)4-7-21/h2-5,7-8,11,13-14,19-20,24H,6,9-10,12H2,1H3/b7-4-/t13?,14?,19?,20-/m0/s1. The third kappa shape index (κ3) is 3.17. The molecule has 2 aromatic rings. The topological polar surface area (TPSA) is 45.6 Å². The number of piperidine rings is 3.